The molecular formula is C21H19N3O4. The lowest BCUT2D eigenvalue weighted by atomic mass is 10.2. The number of ether oxygens (including phenoxy) is 1. The predicted molar refractivity (Wildman–Crippen MR) is 108 cm³/mol. The van der Waals surface area contributed by atoms with Gasteiger partial charge in [0, 0.05) is 17.8 Å². The Kier molecular flexibility index (Phi) is 5.86. The van der Waals surface area contributed by atoms with Crippen LogP contribution in [0.5, 0.6) is 5.75 Å². The maximum Gasteiger partial charge on any atom is 0.326 e. The number of urea groups is 1. The Morgan fingerprint density at radius 1 is 1.04 bits per heavy atom. The molecule has 142 valence electrons. The van der Waals surface area contributed by atoms with Crippen LogP contribution in [-0.4, -0.2) is 18.1 Å². The molecular weight excluding hydrogens is 358 g/mol. The summed E-state index contributed by atoms with van der Waals surface area (Å²) in [5, 5.41) is 13.8. The van der Waals surface area contributed by atoms with Crippen molar-refractivity contribution in [3.63, 3.8) is 0 Å². The molecule has 3 rings (SSSR count). The minimum atomic E-state index is -0.520. The van der Waals surface area contributed by atoms with E-state index in [0.29, 0.717) is 18.0 Å². The van der Waals surface area contributed by atoms with E-state index in [1.54, 1.807) is 4.90 Å². The smallest absolute Gasteiger partial charge is 0.326 e. The molecule has 0 saturated heterocycles. The van der Waals surface area contributed by atoms with Crippen molar-refractivity contribution in [2.24, 2.45) is 0 Å². The van der Waals surface area contributed by atoms with Crippen LogP contribution in [0.25, 0.3) is 0 Å². The van der Waals surface area contributed by atoms with Gasteiger partial charge in [-0.25, -0.2) is 4.79 Å². The molecule has 0 aromatic heterocycles. The van der Waals surface area contributed by atoms with Crippen LogP contribution in [0, 0.1) is 10.1 Å². The van der Waals surface area contributed by atoms with Crippen LogP contribution in [0.2, 0.25) is 0 Å². The van der Waals surface area contributed by atoms with E-state index in [9.17, 15) is 14.9 Å². The van der Waals surface area contributed by atoms with Crippen molar-refractivity contribution in [2.45, 2.75) is 6.54 Å². The number of rotatable bonds is 6. The van der Waals surface area contributed by atoms with E-state index in [-0.39, 0.29) is 11.4 Å². The Bertz CT molecular complexity index is 962. The maximum absolute atomic E-state index is 13.1. The van der Waals surface area contributed by atoms with Gasteiger partial charge in [0.05, 0.1) is 24.3 Å². The average Bonchev–Trinajstić information content (AvgIpc) is 2.73. The van der Waals surface area contributed by atoms with E-state index < -0.39 is 11.0 Å². The number of para-hydroxylation sites is 1. The van der Waals surface area contributed by atoms with Crippen molar-refractivity contribution in [1.82, 2.24) is 0 Å². The Labute approximate surface area is 162 Å². The number of carbonyl (C=O) groups excluding carboxylic acids is 1. The van der Waals surface area contributed by atoms with Crippen LogP contribution in [-0.2, 0) is 6.54 Å². The third-order valence-electron chi connectivity index (χ3n) is 4.13. The van der Waals surface area contributed by atoms with Gasteiger partial charge in [-0.2, -0.15) is 0 Å². The number of nitrogens with zero attached hydrogens (tertiary/aromatic N) is 2. The first kappa shape index (κ1) is 18.9. The van der Waals surface area contributed by atoms with Gasteiger partial charge in [0.1, 0.15) is 5.75 Å². The molecule has 0 radical (unpaired) electrons. The van der Waals surface area contributed by atoms with Crippen molar-refractivity contribution < 1.29 is 14.5 Å². The predicted octanol–water partition coefficient (Wildman–Crippen LogP) is 4.84. The molecule has 7 nitrogen and oxygen atoms in total. The molecule has 0 aliphatic carbocycles. The zero-order chi connectivity index (χ0) is 19.9. The molecule has 0 fully saturated rings. The number of benzene rings is 3. The summed E-state index contributed by atoms with van der Waals surface area (Å²) >= 11 is 0. The number of hydrogen-bond donors (Lipinski definition) is 1. The quantitative estimate of drug-likeness (QED) is 0.492. The van der Waals surface area contributed by atoms with E-state index in [2.05, 4.69) is 5.32 Å². The molecule has 28 heavy (non-hydrogen) atoms. The lowest BCUT2D eigenvalue weighted by molar-refractivity contribution is -0.384. The van der Waals surface area contributed by atoms with Crippen molar-refractivity contribution in [3.8, 4) is 5.75 Å². The molecule has 3 aromatic carbocycles. The SMILES string of the molecule is COc1ccc([N+](=O)[O-])cc1NC(=O)N(Cc1ccccc1)c1ccccc1. The number of non-ortho nitro benzene ring substituents is 1. The van der Waals surface area contributed by atoms with Crippen LogP contribution in [0.1, 0.15) is 5.56 Å². The Morgan fingerprint density at radius 3 is 2.29 bits per heavy atom. The van der Waals surface area contributed by atoms with Gasteiger partial charge < -0.3 is 10.1 Å². The molecule has 0 spiro atoms. The number of amides is 2. The molecule has 0 aliphatic heterocycles. The fourth-order valence-corrected chi connectivity index (χ4v) is 2.74. The first-order chi connectivity index (χ1) is 13.6. The highest BCUT2D eigenvalue weighted by Gasteiger charge is 2.19. The standard InChI is InChI=1S/C21H19N3O4/c1-28-20-13-12-18(24(26)27)14-19(20)22-21(25)23(17-10-6-3-7-11-17)15-16-8-4-2-5-9-16/h2-14H,15H2,1H3,(H,22,25). The summed E-state index contributed by atoms with van der Waals surface area (Å²) < 4.78 is 5.23. The number of carbonyl (C=O) groups is 1. The van der Waals surface area contributed by atoms with Crippen molar-refractivity contribution in [1.29, 1.82) is 0 Å². The summed E-state index contributed by atoms with van der Waals surface area (Å²) in [5.74, 6) is 0.340. The fourth-order valence-electron chi connectivity index (χ4n) is 2.74. The van der Waals surface area contributed by atoms with Gasteiger partial charge >= 0.3 is 6.03 Å². The van der Waals surface area contributed by atoms with Gasteiger partial charge in [-0.15, -0.1) is 0 Å². The summed E-state index contributed by atoms with van der Waals surface area (Å²) in [6.07, 6.45) is 0. The number of anilines is 2. The van der Waals surface area contributed by atoms with E-state index in [1.807, 2.05) is 60.7 Å². The lowest BCUT2D eigenvalue weighted by Gasteiger charge is -2.24. The summed E-state index contributed by atoms with van der Waals surface area (Å²) in [4.78, 5) is 25.2. The minimum Gasteiger partial charge on any atom is -0.495 e. The molecule has 0 saturated carbocycles. The molecule has 0 bridgehead atoms. The van der Waals surface area contributed by atoms with Gasteiger partial charge in [0.2, 0.25) is 0 Å². The highest BCUT2D eigenvalue weighted by Crippen LogP contribution is 2.30. The van der Waals surface area contributed by atoms with E-state index in [0.717, 1.165) is 5.56 Å². The zero-order valence-electron chi connectivity index (χ0n) is 15.2. The number of nitrogens with one attached hydrogen (secondary N) is 1. The van der Waals surface area contributed by atoms with Crippen molar-refractivity contribution in [2.75, 3.05) is 17.3 Å². The van der Waals surface area contributed by atoms with Gasteiger partial charge in [0.15, 0.2) is 0 Å². The normalized spacial score (nSPS) is 10.2. The first-order valence-corrected chi connectivity index (χ1v) is 8.58. The molecule has 1 N–H and O–H groups in total. The van der Waals surface area contributed by atoms with E-state index >= 15 is 0 Å². The second kappa shape index (κ2) is 8.68. The van der Waals surface area contributed by atoms with Crippen LogP contribution in [0.3, 0.4) is 0 Å². The van der Waals surface area contributed by atoms with Crippen molar-refractivity contribution >= 4 is 23.1 Å². The first-order valence-electron chi connectivity index (χ1n) is 8.58. The Morgan fingerprint density at radius 2 is 1.68 bits per heavy atom. The molecule has 7 heteroatoms. The monoisotopic (exact) mass is 377 g/mol. The van der Waals surface area contributed by atoms with Gasteiger partial charge in [-0.1, -0.05) is 48.5 Å². The maximum atomic E-state index is 13.1. The second-order valence-electron chi connectivity index (χ2n) is 5.98. The zero-order valence-corrected chi connectivity index (χ0v) is 15.2. The van der Waals surface area contributed by atoms with Crippen LogP contribution in [0.15, 0.2) is 78.9 Å². The van der Waals surface area contributed by atoms with Gasteiger partial charge in [0.25, 0.3) is 5.69 Å². The highest BCUT2D eigenvalue weighted by atomic mass is 16.6. The van der Waals surface area contributed by atoms with Crippen molar-refractivity contribution in [3.05, 3.63) is 94.5 Å². The van der Waals surface area contributed by atoms with Gasteiger partial charge in [-0.05, 0) is 23.8 Å². The third-order valence-corrected chi connectivity index (χ3v) is 4.13. The van der Waals surface area contributed by atoms with Crippen LogP contribution in [0.4, 0.5) is 21.9 Å². The Hall–Kier alpha value is -3.87. The molecule has 0 atom stereocenters. The summed E-state index contributed by atoms with van der Waals surface area (Å²) in [7, 11) is 1.44. The average molecular weight is 377 g/mol. The molecule has 0 aliphatic rings. The third kappa shape index (κ3) is 4.45. The number of nitro benzene ring substituents is 1. The van der Waals surface area contributed by atoms with Crippen LogP contribution < -0.4 is 15.0 Å². The highest BCUT2D eigenvalue weighted by molar-refractivity contribution is 6.02. The summed E-state index contributed by atoms with van der Waals surface area (Å²) in [6, 6.07) is 22.4. The largest absolute Gasteiger partial charge is 0.495 e. The molecule has 0 unspecified atom stereocenters. The molecule has 2 amide bonds. The number of nitro groups is 1. The number of hydrogen-bond acceptors (Lipinski definition) is 4. The van der Waals surface area contributed by atoms with Crippen LogP contribution >= 0.6 is 0 Å². The minimum absolute atomic E-state index is 0.134. The fraction of sp³-hybridized carbons (Fsp3) is 0.0952. The van der Waals surface area contributed by atoms with E-state index in [4.69, 9.17) is 4.74 Å². The Balaban J connectivity index is 1.92. The summed E-state index contributed by atoms with van der Waals surface area (Å²) in [5.41, 5.74) is 1.75. The lowest BCUT2D eigenvalue weighted by Crippen LogP contribution is -2.34. The summed E-state index contributed by atoms with van der Waals surface area (Å²) in [6.45, 7) is 0.341. The topological polar surface area (TPSA) is 84.7 Å². The molecule has 3 aromatic rings. The second-order valence-corrected chi connectivity index (χ2v) is 5.98. The van der Waals surface area contributed by atoms with E-state index in [1.165, 1.54) is 25.3 Å². The van der Waals surface area contributed by atoms with Gasteiger partial charge in [-0.3, -0.25) is 15.0 Å². The number of methoxy groups -OCH3 is 1. The molecule has 0 heterocycles.